The summed E-state index contributed by atoms with van der Waals surface area (Å²) < 4.78 is 0. The molecule has 0 aliphatic heterocycles. The number of benzene rings is 2. The van der Waals surface area contributed by atoms with Gasteiger partial charge in [-0.1, -0.05) is 36.4 Å². The summed E-state index contributed by atoms with van der Waals surface area (Å²) in [6.45, 7) is 1.91. The molecule has 0 aliphatic rings. The molecule has 6 heteroatoms. The van der Waals surface area contributed by atoms with Crippen LogP contribution in [0.5, 0.6) is 0 Å². The number of carbonyl (C=O) groups is 2. The molecule has 0 radical (unpaired) electrons. The van der Waals surface area contributed by atoms with E-state index in [2.05, 4.69) is 20.6 Å². The number of hydrogen-bond acceptors (Lipinski definition) is 4. The summed E-state index contributed by atoms with van der Waals surface area (Å²) in [7, 11) is 0. The van der Waals surface area contributed by atoms with Crippen molar-refractivity contribution >= 4 is 34.1 Å². The van der Waals surface area contributed by atoms with Crippen molar-refractivity contribution in [3.05, 3.63) is 95.9 Å². The average Bonchev–Trinajstić information content (AvgIpc) is 2.75. The molecule has 2 N–H and O–H groups in total. The Kier molecular flexibility index (Phi) is 4.99. The zero-order valence-electron chi connectivity index (χ0n) is 15.7. The van der Waals surface area contributed by atoms with Crippen molar-refractivity contribution < 1.29 is 9.59 Å². The standard InChI is InChI=1S/C23H18N4O2/c1-15-6-2-3-9-19(15)26-22(28)17-12-18(14-24-13-17)23(29)27-20-10-4-7-16-8-5-11-25-21(16)20/h2-14H,1H3,(H,26,28)(H,27,29). The van der Waals surface area contributed by atoms with Crippen LogP contribution < -0.4 is 10.6 Å². The van der Waals surface area contributed by atoms with Crippen LogP contribution in [0.15, 0.2) is 79.3 Å². The van der Waals surface area contributed by atoms with E-state index in [4.69, 9.17) is 0 Å². The third kappa shape index (κ3) is 3.96. The van der Waals surface area contributed by atoms with Gasteiger partial charge in [-0.05, 0) is 36.8 Å². The maximum absolute atomic E-state index is 12.7. The fraction of sp³-hybridized carbons (Fsp3) is 0.0435. The molecule has 6 nitrogen and oxygen atoms in total. The number of fused-ring (bicyclic) bond motifs is 1. The zero-order chi connectivity index (χ0) is 20.2. The molecule has 0 saturated heterocycles. The predicted octanol–water partition coefficient (Wildman–Crippen LogP) is 4.44. The van der Waals surface area contributed by atoms with E-state index < -0.39 is 0 Å². The van der Waals surface area contributed by atoms with Crippen LogP contribution in [0.25, 0.3) is 10.9 Å². The number of nitrogens with one attached hydrogen (secondary N) is 2. The normalized spacial score (nSPS) is 10.5. The highest BCUT2D eigenvalue weighted by Crippen LogP contribution is 2.21. The summed E-state index contributed by atoms with van der Waals surface area (Å²) in [6.07, 6.45) is 4.54. The first-order chi connectivity index (χ1) is 14.1. The van der Waals surface area contributed by atoms with Gasteiger partial charge in [-0.15, -0.1) is 0 Å². The fourth-order valence-corrected chi connectivity index (χ4v) is 3.00. The van der Waals surface area contributed by atoms with Gasteiger partial charge in [-0.2, -0.15) is 0 Å². The molecule has 0 atom stereocenters. The van der Waals surface area contributed by atoms with Gasteiger partial charge >= 0.3 is 0 Å². The molecular weight excluding hydrogens is 364 g/mol. The number of hydrogen-bond donors (Lipinski definition) is 2. The van der Waals surface area contributed by atoms with Gasteiger partial charge in [0, 0.05) is 29.7 Å². The van der Waals surface area contributed by atoms with Crippen molar-refractivity contribution in [2.45, 2.75) is 6.92 Å². The van der Waals surface area contributed by atoms with Gasteiger partial charge in [0.25, 0.3) is 11.8 Å². The molecular formula is C23H18N4O2. The van der Waals surface area contributed by atoms with Gasteiger partial charge in [-0.25, -0.2) is 0 Å². The van der Waals surface area contributed by atoms with Crippen molar-refractivity contribution in [1.82, 2.24) is 9.97 Å². The number of pyridine rings is 2. The number of aromatic nitrogens is 2. The fourth-order valence-electron chi connectivity index (χ4n) is 3.00. The van der Waals surface area contributed by atoms with Crippen LogP contribution in [0.4, 0.5) is 11.4 Å². The molecule has 2 heterocycles. The lowest BCUT2D eigenvalue weighted by Gasteiger charge is -2.10. The third-order valence-electron chi connectivity index (χ3n) is 4.54. The van der Waals surface area contributed by atoms with E-state index in [1.165, 1.54) is 18.5 Å². The Morgan fingerprint density at radius 2 is 1.45 bits per heavy atom. The minimum Gasteiger partial charge on any atom is -0.322 e. The zero-order valence-corrected chi connectivity index (χ0v) is 15.7. The number of para-hydroxylation sites is 2. The largest absolute Gasteiger partial charge is 0.322 e. The van der Waals surface area contributed by atoms with Crippen molar-refractivity contribution in [3.63, 3.8) is 0 Å². The molecule has 0 saturated carbocycles. The highest BCUT2D eigenvalue weighted by Gasteiger charge is 2.14. The molecule has 4 rings (SSSR count). The van der Waals surface area contributed by atoms with Crippen LogP contribution in [0.2, 0.25) is 0 Å². The SMILES string of the molecule is Cc1ccccc1NC(=O)c1cncc(C(=O)Nc2cccc3cccnc23)c1. The minimum absolute atomic E-state index is 0.287. The first-order valence-corrected chi connectivity index (χ1v) is 9.09. The van der Waals surface area contributed by atoms with Gasteiger partial charge in [0.2, 0.25) is 0 Å². The van der Waals surface area contributed by atoms with Crippen molar-refractivity contribution in [1.29, 1.82) is 0 Å². The highest BCUT2D eigenvalue weighted by molar-refractivity contribution is 6.10. The molecule has 142 valence electrons. The van der Waals surface area contributed by atoms with E-state index in [-0.39, 0.29) is 17.4 Å². The topological polar surface area (TPSA) is 84.0 Å². The molecule has 2 aromatic heterocycles. The van der Waals surface area contributed by atoms with Crippen LogP contribution in [-0.4, -0.2) is 21.8 Å². The molecule has 29 heavy (non-hydrogen) atoms. The van der Waals surface area contributed by atoms with Gasteiger partial charge in [0.1, 0.15) is 0 Å². The number of carbonyl (C=O) groups excluding carboxylic acids is 2. The number of rotatable bonds is 4. The van der Waals surface area contributed by atoms with Gasteiger partial charge in [0.05, 0.1) is 22.3 Å². The smallest absolute Gasteiger partial charge is 0.257 e. The molecule has 2 amide bonds. The monoisotopic (exact) mass is 382 g/mol. The number of anilines is 2. The molecule has 4 aromatic rings. The third-order valence-corrected chi connectivity index (χ3v) is 4.54. The molecule has 0 unspecified atom stereocenters. The maximum atomic E-state index is 12.7. The van der Waals surface area contributed by atoms with E-state index >= 15 is 0 Å². The van der Waals surface area contributed by atoms with E-state index in [0.717, 1.165) is 10.9 Å². The van der Waals surface area contributed by atoms with Gasteiger partial charge < -0.3 is 10.6 Å². The molecule has 0 spiro atoms. The second-order valence-electron chi connectivity index (χ2n) is 6.57. The Labute approximate surface area is 167 Å². The number of aryl methyl sites for hydroxylation is 1. The molecule has 0 aliphatic carbocycles. The van der Waals surface area contributed by atoms with Crippen LogP contribution >= 0.6 is 0 Å². The van der Waals surface area contributed by atoms with Gasteiger partial charge in [0.15, 0.2) is 0 Å². The lowest BCUT2D eigenvalue weighted by molar-refractivity contribution is 0.102. The van der Waals surface area contributed by atoms with Crippen LogP contribution in [0.3, 0.4) is 0 Å². The summed E-state index contributed by atoms with van der Waals surface area (Å²) >= 11 is 0. The van der Waals surface area contributed by atoms with Gasteiger partial charge in [-0.3, -0.25) is 19.6 Å². The Morgan fingerprint density at radius 3 is 2.21 bits per heavy atom. The average molecular weight is 382 g/mol. The van der Waals surface area contributed by atoms with E-state index in [0.29, 0.717) is 22.5 Å². The Hall–Kier alpha value is -4.06. The predicted molar refractivity (Wildman–Crippen MR) is 113 cm³/mol. The summed E-state index contributed by atoms with van der Waals surface area (Å²) in [5.41, 5.74) is 3.56. The summed E-state index contributed by atoms with van der Waals surface area (Å²) in [6, 6.07) is 18.3. The maximum Gasteiger partial charge on any atom is 0.257 e. The van der Waals surface area contributed by atoms with Crippen molar-refractivity contribution in [2.75, 3.05) is 10.6 Å². The van der Waals surface area contributed by atoms with E-state index in [1.54, 1.807) is 12.3 Å². The summed E-state index contributed by atoms with van der Waals surface area (Å²) in [4.78, 5) is 33.7. The van der Waals surface area contributed by atoms with Crippen molar-refractivity contribution in [3.8, 4) is 0 Å². The summed E-state index contributed by atoms with van der Waals surface area (Å²) in [5, 5.41) is 6.62. The van der Waals surface area contributed by atoms with Crippen LogP contribution in [0.1, 0.15) is 26.3 Å². The molecule has 2 aromatic carbocycles. The number of nitrogens with zero attached hydrogens (tertiary/aromatic N) is 2. The second-order valence-corrected chi connectivity index (χ2v) is 6.57. The van der Waals surface area contributed by atoms with Crippen LogP contribution in [-0.2, 0) is 0 Å². The Balaban J connectivity index is 1.56. The lowest BCUT2D eigenvalue weighted by Crippen LogP contribution is -2.16. The van der Waals surface area contributed by atoms with Crippen molar-refractivity contribution in [2.24, 2.45) is 0 Å². The first-order valence-electron chi connectivity index (χ1n) is 9.09. The Morgan fingerprint density at radius 1 is 0.793 bits per heavy atom. The minimum atomic E-state index is -0.360. The highest BCUT2D eigenvalue weighted by atomic mass is 16.2. The first kappa shape index (κ1) is 18.3. The number of amides is 2. The lowest BCUT2D eigenvalue weighted by atomic mass is 10.1. The quantitative estimate of drug-likeness (QED) is 0.546. The molecule has 0 fully saturated rings. The Bertz CT molecular complexity index is 1210. The molecule has 0 bridgehead atoms. The van der Waals surface area contributed by atoms with E-state index in [1.807, 2.05) is 55.5 Å². The van der Waals surface area contributed by atoms with Crippen LogP contribution in [0, 0.1) is 6.92 Å². The second kappa shape index (κ2) is 7.90. The van der Waals surface area contributed by atoms with E-state index in [9.17, 15) is 9.59 Å². The summed E-state index contributed by atoms with van der Waals surface area (Å²) in [5.74, 6) is -0.686.